The van der Waals surface area contributed by atoms with Crippen molar-refractivity contribution in [3.8, 4) is 0 Å². The van der Waals surface area contributed by atoms with E-state index in [2.05, 4.69) is 26.1 Å². The van der Waals surface area contributed by atoms with Crippen molar-refractivity contribution in [2.75, 3.05) is 0 Å². The van der Waals surface area contributed by atoms with Crippen LogP contribution in [0.4, 0.5) is 0 Å². The summed E-state index contributed by atoms with van der Waals surface area (Å²) in [5.41, 5.74) is 2.37. The number of hydrogen-bond donors (Lipinski definition) is 1. The molecule has 0 aromatic carbocycles. The van der Waals surface area contributed by atoms with Crippen LogP contribution in [0.3, 0.4) is 0 Å². The van der Waals surface area contributed by atoms with Gasteiger partial charge in [0.2, 0.25) is 0 Å². The first-order valence-electron chi connectivity index (χ1n) is 6.95. The topological polar surface area (TPSA) is 72.7 Å². The Kier molecular flexibility index (Phi) is 4.51. The third-order valence-corrected chi connectivity index (χ3v) is 4.62. The molecule has 0 aliphatic carbocycles. The average molecular weight is 355 g/mol. The first kappa shape index (κ1) is 15.8. The molecular formula is C14H19BrN4O2. The smallest absolute Gasteiger partial charge is 0.268 e. The summed E-state index contributed by atoms with van der Waals surface area (Å²) in [7, 11) is 0. The minimum Gasteiger partial charge on any atom is -0.268 e. The van der Waals surface area contributed by atoms with E-state index in [0.717, 1.165) is 22.3 Å². The van der Waals surface area contributed by atoms with E-state index in [1.807, 2.05) is 18.5 Å². The molecule has 7 heteroatoms. The first-order valence-corrected chi connectivity index (χ1v) is 7.74. The van der Waals surface area contributed by atoms with Gasteiger partial charge in [0, 0.05) is 17.7 Å². The number of halogens is 1. The molecule has 0 unspecified atom stereocenters. The van der Waals surface area contributed by atoms with Gasteiger partial charge < -0.3 is 0 Å². The quantitative estimate of drug-likeness (QED) is 0.908. The summed E-state index contributed by atoms with van der Waals surface area (Å²) in [4.78, 5) is 24.1. The second kappa shape index (κ2) is 6.01. The highest BCUT2D eigenvalue weighted by Crippen LogP contribution is 2.22. The zero-order chi connectivity index (χ0) is 15.7. The molecule has 0 atom stereocenters. The highest BCUT2D eigenvalue weighted by Gasteiger charge is 2.16. The SMILES string of the molecule is CCc1nn(CC)c(Cn2[nH]c(=O)c(C)c(C)c2=O)c1Br. The molecule has 0 bridgehead atoms. The lowest BCUT2D eigenvalue weighted by molar-refractivity contribution is 0.549. The summed E-state index contributed by atoms with van der Waals surface area (Å²) in [6, 6.07) is 0. The van der Waals surface area contributed by atoms with Crippen molar-refractivity contribution in [2.45, 2.75) is 47.2 Å². The number of rotatable bonds is 4. The fourth-order valence-electron chi connectivity index (χ4n) is 2.22. The highest BCUT2D eigenvalue weighted by atomic mass is 79.9. The number of aromatic nitrogens is 4. The van der Waals surface area contributed by atoms with Gasteiger partial charge in [-0.05, 0) is 43.1 Å². The maximum absolute atomic E-state index is 12.3. The van der Waals surface area contributed by atoms with Gasteiger partial charge in [-0.3, -0.25) is 19.4 Å². The Bertz CT molecular complexity index is 785. The molecule has 2 aromatic heterocycles. The van der Waals surface area contributed by atoms with Gasteiger partial charge in [-0.1, -0.05) is 6.92 Å². The molecule has 2 rings (SSSR count). The van der Waals surface area contributed by atoms with E-state index in [4.69, 9.17) is 0 Å². The molecule has 0 fully saturated rings. The number of nitrogens with zero attached hydrogens (tertiary/aromatic N) is 3. The van der Waals surface area contributed by atoms with Crippen molar-refractivity contribution in [3.63, 3.8) is 0 Å². The molecule has 0 saturated carbocycles. The van der Waals surface area contributed by atoms with E-state index in [-0.39, 0.29) is 17.7 Å². The zero-order valence-corrected chi connectivity index (χ0v) is 14.2. The van der Waals surface area contributed by atoms with Crippen LogP contribution in [-0.2, 0) is 19.5 Å². The molecule has 0 spiro atoms. The van der Waals surface area contributed by atoms with Gasteiger partial charge in [0.25, 0.3) is 11.1 Å². The van der Waals surface area contributed by atoms with Gasteiger partial charge in [0.1, 0.15) is 0 Å². The molecule has 0 amide bonds. The van der Waals surface area contributed by atoms with Gasteiger partial charge in [0.15, 0.2) is 0 Å². The lowest BCUT2D eigenvalue weighted by Crippen LogP contribution is -2.34. The maximum Gasteiger partial charge on any atom is 0.268 e. The van der Waals surface area contributed by atoms with Crippen LogP contribution in [0.15, 0.2) is 14.1 Å². The minimum absolute atomic E-state index is 0.180. The molecule has 2 aromatic rings. The van der Waals surface area contributed by atoms with Crippen molar-refractivity contribution in [3.05, 3.63) is 47.7 Å². The number of aromatic amines is 1. The van der Waals surface area contributed by atoms with E-state index in [0.29, 0.717) is 17.7 Å². The van der Waals surface area contributed by atoms with Crippen molar-refractivity contribution in [2.24, 2.45) is 0 Å². The van der Waals surface area contributed by atoms with Crippen LogP contribution in [0.25, 0.3) is 0 Å². The molecule has 0 saturated heterocycles. The van der Waals surface area contributed by atoms with E-state index < -0.39 is 0 Å². The number of aryl methyl sites for hydroxylation is 2. The van der Waals surface area contributed by atoms with Crippen LogP contribution in [-0.4, -0.2) is 19.6 Å². The zero-order valence-electron chi connectivity index (χ0n) is 12.7. The Morgan fingerprint density at radius 2 is 1.86 bits per heavy atom. The van der Waals surface area contributed by atoms with Crippen LogP contribution in [0.5, 0.6) is 0 Å². The summed E-state index contributed by atoms with van der Waals surface area (Å²) >= 11 is 3.55. The molecule has 1 N–H and O–H groups in total. The van der Waals surface area contributed by atoms with Crippen molar-refractivity contribution in [1.29, 1.82) is 0 Å². The Hall–Kier alpha value is -1.63. The third-order valence-electron chi connectivity index (χ3n) is 3.71. The van der Waals surface area contributed by atoms with Crippen LogP contribution in [0, 0.1) is 13.8 Å². The summed E-state index contributed by atoms with van der Waals surface area (Å²) in [5.74, 6) is 0. The molecule has 2 heterocycles. The van der Waals surface area contributed by atoms with Gasteiger partial charge in [-0.2, -0.15) is 5.10 Å². The van der Waals surface area contributed by atoms with Crippen molar-refractivity contribution in [1.82, 2.24) is 19.6 Å². The Morgan fingerprint density at radius 1 is 1.19 bits per heavy atom. The summed E-state index contributed by atoms with van der Waals surface area (Å²) in [6.07, 6.45) is 0.804. The predicted molar refractivity (Wildman–Crippen MR) is 84.9 cm³/mol. The number of H-pyrrole nitrogens is 1. The van der Waals surface area contributed by atoms with Crippen LogP contribution in [0.1, 0.15) is 36.4 Å². The summed E-state index contributed by atoms with van der Waals surface area (Å²) in [6.45, 7) is 8.35. The fraction of sp³-hybridized carbons (Fsp3) is 0.500. The van der Waals surface area contributed by atoms with Gasteiger partial charge in [0.05, 0.1) is 22.4 Å². The number of nitrogens with one attached hydrogen (secondary N) is 1. The van der Waals surface area contributed by atoms with Gasteiger partial charge in [-0.15, -0.1) is 0 Å². The molecule has 0 radical (unpaired) electrons. The third kappa shape index (κ3) is 2.74. The standard InChI is InChI=1S/C14H19BrN4O2/c1-5-10-12(15)11(18(6-2)16-10)7-19-14(21)9(4)8(3)13(20)17-19/h5-7H2,1-4H3,(H,17,20). The minimum atomic E-state index is -0.235. The normalized spacial score (nSPS) is 11.1. The van der Waals surface area contributed by atoms with E-state index in [1.54, 1.807) is 13.8 Å². The fourth-order valence-corrected chi connectivity index (χ4v) is 2.91. The average Bonchev–Trinajstić information content (AvgIpc) is 2.78. The molecule has 0 aliphatic heterocycles. The monoisotopic (exact) mass is 354 g/mol. The summed E-state index contributed by atoms with van der Waals surface area (Å²) < 4.78 is 4.10. The van der Waals surface area contributed by atoms with E-state index in [9.17, 15) is 9.59 Å². The Balaban J connectivity index is 2.56. The van der Waals surface area contributed by atoms with Crippen LogP contribution in [0.2, 0.25) is 0 Å². The molecular weight excluding hydrogens is 336 g/mol. The Labute approximate surface area is 130 Å². The predicted octanol–water partition coefficient (Wildman–Crippen LogP) is 1.74. The first-order chi connectivity index (χ1) is 9.90. The second-order valence-electron chi connectivity index (χ2n) is 4.96. The lowest BCUT2D eigenvalue weighted by Gasteiger charge is -2.10. The van der Waals surface area contributed by atoms with Crippen molar-refractivity contribution >= 4 is 15.9 Å². The van der Waals surface area contributed by atoms with Gasteiger partial charge in [-0.25, -0.2) is 4.68 Å². The van der Waals surface area contributed by atoms with E-state index in [1.165, 1.54) is 4.68 Å². The van der Waals surface area contributed by atoms with Crippen LogP contribution >= 0.6 is 15.9 Å². The Morgan fingerprint density at radius 3 is 2.43 bits per heavy atom. The lowest BCUT2D eigenvalue weighted by atomic mass is 10.2. The molecule has 21 heavy (non-hydrogen) atoms. The maximum atomic E-state index is 12.3. The summed E-state index contributed by atoms with van der Waals surface area (Å²) in [5, 5.41) is 7.12. The molecule has 114 valence electrons. The van der Waals surface area contributed by atoms with Crippen molar-refractivity contribution < 1.29 is 0 Å². The highest BCUT2D eigenvalue weighted by molar-refractivity contribution is 9.10. The molecule has 6 nitrogen and oxygen atoms in total. The second-order valence-corrected chi connectivity index (χ2v) is 5.75. The molecule has 0 aliphatic rings. The van der Waals surface area contributed by atoms with E-state index >= 15 is 0 Å². The van der Waals surface area contributed by atoms with Crippen LogP contribution < -0.4 is 11.1 Å². The largest absolute Gasteiger partial charge is 0.268 e. The number of hydrogen-bond acceptors (Lipinski definition) is 3. The van der Waals surface area contributed by atoms with Gasteiger partial charge >= 0.3 is 0 Å².